The molecule has 1 aromatic carbocycles. The number of hydrogen-bond acceptors (Lipinski definition) is 6. The van der Waals surface area contributed by atoms with Gasteiger partial charge in [-0.05, 0) is 17.0 Å². The van der Waals surface area contributed by atoms with Gasteiger partial charge in [-0.2, -0.15) is 0 Å². The van der Waals surface area contributed by atoms with E-state index in [4.69, 9.17) is 0 Å². The van der Waals surface area contributed by atoms with E-state index in [0.717, 1.165) is 16.1 Å². The molecule has 0 radical (unpaired) electrons. The van der Waals surface area contributed by atoms with Crippen molar-refractivity contribution in [1.29, 1.82) is 0 Å². The number of hydrazine groups is 1. The third kappa shape index (κ3) is 3.11. The van der Waals surface area contributed by atoms with Crippen LogP contribution in [0.25, 0.3) is 10.6 Å². The molecule has 1 aliphatic rings. The Morgan fingerprint density at radius 3 is 2.83 bits per heavy atom. The molecular weight excluding hydrogens is 340 g/mol. The number of anilines is 1. The van der Waals surface area contributed by atoms with Gasteiger partial charge < -0.3 is 5.32 Å². The molecule has 24 heavy (non-hydrogen) atoms. The predicted molar refractivity (Wildman–Crippen MR) is 97.9 cm³/mol. The van der Waals surface area contributed by atoms with Crippen LogP contribution in [0.15, 0.2) is 53.2 Å². The molecule has 2 aromatic heterocycles. The molecule has 1 amide bonds. The van der Waals surface area contributed by atoms with Crippen LogP contribution < -0.4 is 16.2 Å². The first-order chi connectivity index (χ1) is 11.8. The van der Waals surface area contributed by atoms with E-state index < -0.39 is 0 Å². The van der Waals surface area contributed by atoms with Gasteiger partial charge in [0, 0.05) is 11.9 Å². The van der Waals surface area contributed by atoms with Gasteiger partial charge in [0.2, 0.25) is 5.91 Å². The van der Waals surface area contributed by atoms with Gasteiger partial charge in [0.05, 0.1) is 22.5 Å². The van der Waals surface area contributed by atoms with E-state index >= 15 is 0 Å². The average Bonchev–Trinajstić information content (AvgIpc) is 3.36. The molecule has 7 heteroatoms. The summed E-state index contributed by atoms with van der Waals surface area (Å²) in [5.41, 5.74) is 8.29. The predicted octanol–water partition coefficient (Wildman–Crippen LogP) is 3.28. The van der Waals surface area contributed by atoms with E-state index in [2.05, 4.69) is 21.2 Å². The number of benzene rings is 1. The molecule has 4 rings (SSSR count). The molecule has 0 saturated carbocycles. The quantitative estimate of drug-likeness (QED) is 0.671. The molecule has 3 aromatic rings. The standard InChI is InChI=1S/C17H16N4OS2/c22-16(12-9-18-21-15(12)11-5-2-1-3-6-11)20-17-19-13(10-24-17)14-7-4-8-23-14/h1-8,10,12,15,18,21H,9H2,(H,19,20,22). The summed E-state index contributed by atoms with van der Waals surface area (Å²) in [5.74, 6) is -0.199. The fourth-order valence-corrected chi connectivity index (χ4v) is 4.26. The lowest BCUT2D eigenvalue weighted by atomic mass is 9.94. The van der Waals surface area contributed by atoms with Crippen molar-refractivity contribution in [2.24, 2.45) is 5.92 Å². The number of nitrogens with one attached hydrogen (secondary N) is 3. The zero-order valence-electron chi connectivity index (χ0n) is 12.7. The molecular formula is C17H16N4OS2. The van der Waals surface area contributed by atoms with Crippen LogP contribution in [0.4, 0.5) is 5.13 Å². The first kappa shape index (κ1) is 15.5. The van der Waals surface area contributed by atoms with Gasteiger partial charge in [-0.25, -0.2) is 10.4 Å². The average molecular weight is 356 g/mol. The number of amides is 1. The second-order valence-electron chi connectivity index (χ2n) is 5.52. The van der Waals surface area contributed by atoms with Gasteiger partial charge >= 0.3 is 0 Å². The van der Waals surface area contributed by atoms with E-state index in [0.29, 0.717) is 11.7 Å². The smallest absolute Gasteiger partial charge is 0.232 e. The number of carbonyl (C=O) groups excluding carboxylic acids is 1. The molecule has 2 atom stereocenters. The molecule has 1 aliphatic heterocycles. The van der Waals surface area contributed by atoms with Crippen molar-refractivity contribution >= 4 is 33.7 Å². The summed E-state index contributed by atoms with van der Waals surface area (Å²) in [5, 5.41) is 7.59. The third-order valence-electron chi connectivity index (χ3n) is 3.99. The number of thiazole rings is 1. The lowest BCUT2D eigenvalue weighted by Gasteiger charge is -2.17. The molecule has 3 heterocycles. The number of nitrogens with zero attached hydrogens (tertiary/aromatic N) is 1. The Bertz CT molecular complexity index is 816. The van der Waals surface area contributed by atoms with E-state index in [9.17, 15) is 4.79 Å². The van der Waals surface area contributed by atoms with Crippen molar-refractivity contribution in [1.82, 2.24) is 15.8 Å². The summed E-state index contributed by atoms with van der Waals surface area (Å²) in [4.78, 5) is 18.3. The molecule has 1 saturated heterocycles. The van der Waals surface area contributed by atoms with Gasteiger partial charge in [0.15, 0.2) is 5.13 Å². The highest BCUT2D eigenvalue weighted by molar-refractivity contribution is 7.16. The van der Waals surface area contributed by atoms with Crippen LogP contribution in [0.3, 0.4) is 0 Å². The van der Waals surface area contributed by atoms with Crippen LogP contribution in [0.1, 0.15) is 11.6 Å². The van der Waals surface area contributed by atoms with Gasteiger partial charge in [-0.3, -0.25) is 10.2 Å². The zero-order chi connectivity index (χ0) is 16.4. The van der Waals surface area contributed by atoms with Crippen LogP contribution in [-0.4, -0.2) is 17.4 Å². The Balaban J connectivity index is 1.48. The first-order valence-electron chi connectivity index (χ1n) is 7.65. The van der Waals surface area contributed by atoms with Crippen molar-refractivity contribution in [3.8, 4) is 10.6 Å². The number of hydrogen-bond donors (Lipinski definition) is 3. The minimum Gasteiger partial charge on any atom is -0.302 e. The van der Waals surface area contributed by atoms with Crippen molar-refractivity contribution in [3.63, 3.8) is 0 Å². The van der Waals surface area contributed by atoms with Crippen molar-refractivity contribution in [2.45, 2.75) is 6.04 Å². The Morgan fingerprint density at radius 2 is 2.04 bits per heavy atom. The highest BCUT2D eigenvalue weighted by atomic mass is 32.1. The minimum atomic E-state index is -0.179. The summed E-state index contributed by atoms with van der Waals surface area (Å²) in [6, 6.07) is 14.0. The van der Waals surface area contributed by atoms with E-state index in [1.54, 1.807) is 11.3 Å². The maximum absolute atomic E-state index is 12.7. The van der Waals surface area contributed by atoms with E-state index in [1.165, 1.54) is 11.3 Å². The Kier molecular flexibility index (Phi) is 4.40. The second-order valence-corrected chi connectivity index (χ2v) is 7.33. The Hall–Kier alpha value is -2.06. The number of carbonyl (C=O) groups is 1. The highest BCUT2D eigenvalue weighted by Crippen LogP contribution is 2.30. The minimum absolute atomic E-state index is 0.0200. The summed E-state index contributed by atoms with van der Waals surface area (Å²) in [6.07, 6.45) is 0. The van der Waals surface area contributed by atoms with E-state index in [-0.39, 0.29) is 17.9 Å². The number of thiophene rings is 1. The number of aromatic nitrogens is 1. The lowest BCUT2D eigenvalue weighted by molar-refractivity contribution is -0.119. The topological polar surface area (TPSA) is 66.0 Å². The van der Waals surface area contributed by atoms with Gasteiger partial charge in [-0.15, -0.1) is 22.7 Å². The second kappa shape index (κ2) is 6.82. The highest BCUT2D eigenvalue weighted by Gasteiger charge is 2.34. The molecule has 122 valence electrons. The lowest BCUT2D eigenvalue weighted by Crippen LogP contribution is -2.29. The number of rotatable bonds is 4. The van der Waals surface area contributed by atoms with Crippen LogP contribution in [-0.2, 0) is 4.79 Å². The molecule has 0 bridgehead atoms. The summed E-state index contributed by atoms with van der Waals surface area (Å²) in [7, 11) is 0. The third-order valence-corrected chi connectivity index (χ3v) is 5.64. The molecule has 5 nitrogen and oxygen atoms in total. The summed E-state index contributed by atoms with van der Waals surface area (Å²) < 4.78 is 0. The van der Waals surface area contributed by atoms with Crippen molar-refractivity contribution in [2.75, 3.05) is 11.9 Å². The molecule has 0 aliphatic carbocycles. The Labute approximate surface area is 147 Å². The maximum Gasteiger partial charge on any atom is 0.232 e. The van der Waals surface area contributed by atoms with Gasteiger partial charge in [-0.1, -0.05) is 36.4 Å². The van der Waals surface area contributed by atoms with Crippen LogP contribution in [0.5, 0.6) is 0 Å². The van der Waals surface area contributed by atoms with Crippen LogP contribution >= 0.6 is 22.7 Å². The van der Waals surface area contributed by atoms with Crippen LogP contribution in [0, 0.1) is 5.92 Å². The monoisotopic (exact) mass is 356 g/mol. The molecule has 1 fully saturated rings. The van der Waals surface area contributed by atoms with Crippen molar-refractivity contribution in [3.05, 3.63) is 58.8 Å². The molecule has 0 spiro atoms. The Morgan fingerprint density at radius 1 is 1.17 bits per heavy atom. The maximum atomic E-state index is 12.7. The molecule has 3 N–H and O–H groups in total. The largest absolute Gasteiger partial charge is 0.302 e. The molecule has 2 unspecified atom stereocenters. The summed E-state index contributed by atoms with van der Waals surface area (Å²) >= 11 is 3.10. The van der Waals surface area contributed by atoms with Gasteiger partial charge in [0.25, 0.3) is 0 Å². The van der Waals surface area contributed by atoms with Crippen molar-refractivity contribution < 1.29 is 4.79 Å². The first-order valence-corrected chi connectivity index (χ1v) is 9.41. The van der Waals surface area contributed by atoms with Crippen LogP contribution in [0.2, 0.25) is 0 Å². The SMILES string of the molecule is O=C(Nc1nc(-c2cccs2)cs1)C1CNNC1c1ccccc1. The zero-order valence-corrected chi connectivity index (χ0v) is 14.4. The normalized spacial score (nSPS) is 20.2. The van der Waals surface area contributed by atoms with Gasteiger partial charge in [0.1, 0.15) is 0 Å². The fourth-order valence-electron chi connectivity index (χ4n) is 2.78. The van der Waals surface area contributed by atoms with E-state index in [1.807, 2.05) is 53.2 Å². The fraction of sp³-hybridized carbons (Fsp3) is 0.176. The summed E-state index contributed by atoms with van der Waals surface area (Å²) in [6.45, 7) is 0.592.